The first-order chi connectivity index (χ1) is 14.0. The highest BCUT2D eigenvalue weighted by molar-refractivity contribution is 8.00. The van der Waals surface area contributed by atoms with Gasteiger partial charge in [-0.3, -0.25) is 4.79 Å². The summed E-state index contributed by atoms with van der Waals surface area (Å²) in [6.07, 6.45) is -6.60. The lowest BCUT2D eigenvalue weighted by Crippen LogP contribution is -2.49. The number of nitrogens with one attached hydrogen (secondary N) is 1. The Bertz CT molecular complexity index is 991. The van der Waals surface area contributed by atoms with Gasteiger partial charge in [0.25, 0.3) is 5.91 Å². The minimum absolute atomic E-state index is 0.412. The number of halogens is 12. The summed E-state index contributed by atoms with van der Waals surface area (Å²) in [5.41, 5.74) is -2.63. The zero-order valence-electron chi connectivity index (χ0n) is 14.2. The predicted octanol–water partition coefficient (Wildman–Crippen LogP) is 6.52. The van der Waals surface area contributed by atoms with Crippen molar-refractivity contribution in [1.82, 2.24) is 0 Å². The molecule has 0 saturated heterocycles. The Morgan fingerprint density at radius 3 is 1.74 bits per heavy atom. The normalized spacial score (nSPS) is 12.8. The van der Waals surface area contributed by atoms with Crippen molar-refractivity contribution in [3.05, 3.63) is 58.9 Å². The Hall–Kier alpha value is -2.58. The van der Waals surface area contributed by atoms with E-state index in [9.17, 15) is 57.5 Å². The van der Waals surface area contributed by atoms with Gasteiger partial charge in [-0.05, 0) is 30.0 Å². The standard InChI is InChI=1S/C16H5F12NOS/c17-8-7(9(18)11(20)12(21)10(8)19)13(30)29-5-2-1-3-6(4-5)31-16(27,28)14(22,23)15(24,25)26/h1-4H,(H,29,30). The number of hydrogen-bond acceptors (Lipinski definition) is 2. The van der Waals surface area contributed by atoms with Gasteiger partial charge in [0, 0.05) is 10.6 Å². The first-order valence-corrected chi connectivity index (χ1v) is 8.27. The number of rotatable bonds is 5. The Balaban J connectivity index is 2.33. The highest BCUT2D eigenvalue weighted by Crippen LogP contribution is 2.53. The molecule has 0 heterocycles. The van der Waals surface area contributed by atoms with Crippen molar-refractivity contribution in [3.63, 3.8) is 0 Å². The SMILES string of the molecule is O=C(Nc1cccc(SC(F)(F)C(F)(F)C(F)(F)F)c1)c1c(F)c(F)c(F)c(F)c1F. The quantitative estimate of drug-likeness (QED) is 0.225. The maximum absolute atomic E-state index is 13.6. The van der Waals surface area contributed by atoms with E-state index in [1.807, 2.05) is 0 Å². The van der Waals surface area contributed by atoms with Crippen LogP contribution in [0.1, 0.15) is 10.4 Å². The van der Waals surface area contributed by atoms with Gasteiger partial charge in [0.05, 0.1) is 0 Å². The van der Waals surface area contributed by atoms with Crippen LogP contribution in [0.5, 0.6) is 0 Å². The van der Waals surface area contributed by atoms with Gasteiger partial charge >= 0.3 is 17.4 Å². The second-order valence-corrected chi connectivity index (χ2v) is 6.81. The van der Waals surface area contributed by atoms with E-state index in [4.69, 9.17) is 0 Å². The maximum Gasteiger partial charge on any atom is 0.460 e. The zero-order chi connectivity index (χ0) is 23.9. The second-order valence-electron chi connectivity index (χ2n) is 5.62. The molecule has 0 aliphatic carbocycles. The first kappa shape index (κ1) is 24.7. The van der Waals surface area contributed by atoms with Crippen molar-refractivity contribution in [2.24, 2.45) is 0 Å². The lowest BCUT2D eigenvalue weighted by atomic mass is 10.1. The number of carbonyl (C=O) groups is 1. The average molecular weight is 487 g/mol. The van der Waals surface area contributed by atoms with Crippen LogP contribution in [0.25, 0.3) is 0 Å². The van der Waals surface area contributed by atoms with Crippen LogP contribution in [-0.4, -0.2) is 23.3 Å². The van der Waals surface area contributed by atoms with Crippen molar-refractivity contribution < 1.29 is 57.5 Å². The molecule has 15 heteroatoms. The van der Waals surface area contributed by atoms with Crippen molar-refractivity contribution in [3.8, 4) is 0 Å². The molecule has 0 spiro atoms. The van der Waals surface area contributed by atoms with Crippen molar-refractivity contribution in [2.45, 2.75) is 22.2 Å². The summed E-state index contributed by atoms with van der Waals surface area (Å²) in [7, 11) is 0. The molecule has 2 aromatic carbocycles. The predicted molar refractivity (Wildman–Crippen MR) is 82.4 cm³/mol. The summed E-state index contributed by atoms with van der Waals surface area (Å²) in [5, 5.41) is -4.13. The lowest BCUT2D eigenvalue weighted by molar-refractivity contribution is -0.330. The highest BCUT2D eigenvalue weighted by atomic mass is 32.2. The number of thioether (sulfide) groups is 1. The summed E-state index contributed by atoms with van der Waals surface area (Å²) in [6.45, 7) is 0. The minimum atomic E-state index is -6.60. The van der Waals surface area contributed by atoms with Crippen LogP contribution in [0, 0.1) is 29.1 Å². The van der Waals surface area contributed by atoms with Crippen LogP contribution >= 0.6 is 11.8 Å². The fourth-order valence-corrected chi connectivity index (χ4v) is 2.88. The number of anilines is 1. The molecule has 0 aliphatic rings. The van der Waals surface area contributed by atoms with Gasteiger partial charge in [-0.15, -0.1) is 0 Å². The van der Waals surface area contributed by atoms with E-state index in [1.54, 1.807) is 5.32 Å². The van der Waals surface area contributed by atoms with Crippen LogP contribution < -0.4 is 5.32 Å². The number of hydrogen-bond donors (Lipinski definition) is 1. The summed E-state index contributed by atoms with van der Waals surface area (Å²) in [5.74, 6) is -20.9. The summed E-state index contributed by atoms with van der Waals surface area (Å²) < 4.78 is 156. The van der Waals surface area contributed by atoms with Crippen LogP contribution in [0.4, 0.5) is 58.4 Å². The molecule has 31 heavy (non-hydrogen) atoms. The van der Waals surface area contributed by atoms with Gasteiger partial charge in [0.1, 0.15) is 5.56 Å². The van der Waals surface area contributed by atoms with E-state index >= 15 is 0 Å². The molecule has 0 bridgehead atoms. The van der Waals surface area contributed by atoms with Crippen LogP contribution in [0.2, 0.25) is 0 Å². The zero-order valence-corrected chi connectivity index (χ0v) is 15.0. The Morgan fingerprint density at radius 1 is 0.774 bits per heavy atom. The van der Waals surface area contributed by atoms with Gasteiger partial charge in [0.15, 0.2) is 23.3 Å². The Kier molecular flexibility index (Phi) is 6.50. The summed E-state index contributed by atoms with van der Waals surface area (Å²) >= 11 is -1.24. The molecule has 2 rings (SSSR count). The van der Waals surface area contributed by atoms with E-state index < -0.39 is 80.3 Å². The molecule has 0 saturated carbocycles. The van der Waals surface area contributed by atoms with E-state index in [1.165, 1.54) is 0 Å². The molecule has 2 nitrogen and oxygen atoms in total. The third kappa shape index (κ3) is 4.55. The van der Waals surface area contributed by atoms with Gasteiger partial charge in [0.2, 0.25) is 5.82 Å². The smallest absolute Gasteiger partial charge is 0.322 e. The van der Waals surface area contributed by atoms with Crippen LogP contribution in [0.3, 0.4) is 0 Å². The topological polar surface area (TPSA) is 29.1 Å². The van der Waals surface area contributed by atoms with Crippen LogP contribution in [-0.2, 0) is 0 Å². The molecule has 1 amide bonds. The molecule has 0 aromatic heterocycles. The number of amides is 1. The fraction of sp³-hybridized carbons (Fsp3) is 0.188. The maximum atomic E-state index is 13.6. The van der Waals surface area contributed by atoms with E-state index in [-0.39, 0.29) is 0 Å². The Morgan fingerprint density at radius 2 is 1.26 bits per heavy atom. The molecule has 0 fully saturated rings. The van der Waals surface area contributed by atoms with Crippen molar-refractivity contribution in [1.29, 1.82) is 0 Å². The Labute approximate surface area is 168 Å². The van der Waals surface area contributed by atoms with Gasteiger partial charge < -0.3 is 5.32 Å². The molecule has 170 valence electrons. The fourth-order valence-electron chi connectivity index (χ4n) is 2.01. The number of carbonyl (C=O) groups excluding carboxylic acids is 1. The largest absolute Gasteiger partial charge is 0.460 e. The van der Waals surface area contributed by atoms with Gasteiger partial charge in [-0.1, -0.05) is 6.07 Å². The molecule has 0 unspecified atom stereocenters. The number of benzene rings is 2. The first-order valence-electron chi connectivity index (χ1n) is 7.45. The monoisotopic (exact) mass is 487 g/mol. The molecule has 0 atom stereocenters. The number of alkyl halides is 7. The minimum Gasteiger partial charge on any atom is -0.322 e. The molecule has 0 radical (unpaired) electrons. The third-order valence-electron chi connectivity index (χ3n) is 3.50. The summed E-state index contributed by atoms with van der Waals surface area (Å²) in [4.78, 5) is 10.9. The van der Waals surface area contributed by atoms with E-state index in [2.05, 4.69) is 0 Å². The summed E-state index contributed by atoms with van der Waals surface area (Å²) in [6, 6.07) is 2.64. The lowest BCUT2D eigenvalue weighted by Gasteiger charge is -2.27. The van der Waals surface area contributed by atoms with Crippen molar-refractivity contribution >= 4 is 23.4 Å². The third-order valence-corrected chi connectivity index (χ3v) is 4.50. The highest BCUT2D eigenvalue weighted by Gasteiger charge is 2.73. The van der Waals surface area contributed by atoms with Gasteiger partial charge in [-0.25, -0.2) is 22.0 Å². The average Bonchev–Trinajstić information content (AvgIpc) is 2.63. The van der Waals surface area contributed by atoms with Crippen molar-refractivity contribution in [2.75, 3.05) is 5.32 Å². The molecule has 2 aromatic rings. The van der Waals surface area contributed by atoms with E-state index in [0.29, 0.717) is 12.1 Å². The molecular weight excluding hydrogens is 482 g/mol. The second kappa shape index (κ2) is 8.16. The molecule has 1 N–H and O–H groups in total. The molecule has 0 aliphatic heterocycles. The van der Waals surface area contributed by atoms with Gasteiger partial charge in [-0.2, -0.15) is 30.7 Å². The molecular formula is C16H5F12NOS. The van der Waals surface area contributed by atoms with Crippen LogP contribution in [0.15, 0.2) is 29.2 Å². The van der Waals surface area contributed by atoms with E-state index in [0.717, 1.165) is 12.1 Å².